The van der Waals surface area contributed by atoms with E-state index in [9.17, 15) is 22.8 Å². The lowest BCUT2D eigenvalue weighted by Crippen LogP contribution is -2.54. The summed E-state index contributed by atoms with van der Waals surface area (Å²) in [6, 6.07) is 10.6. The summed E-state index contributed by atoms with van der Waals surface area (Å²) in [5.74, 6) is -0.219. The number of piperazine rings is 1. The van der Waals surface area contributed by atoms with Crippen molar-refractivity contribution >= 4 is 40.8 Å². The van der Waals surface area contributed by atoms with Gasteiger partial charge in [-0.1, -0.05) is 12.1 Å². The number of ether oxygens (including phenoxy) is 2. The number of anilines is 5. The zero-order chi connectivity index (χ0) is 31.8. The van der Waals surface area contributed by atoms with E-state index in [2.05, 4.69) is 30.8 Å². The molecule has 0 aliphatic carbocycles. The lowest BCUT2D eigenvalue weighted by atomic mass is 9.83. The molecular formula is C30H34F3N7O4. The average Bonchev–Trinajstić information content (AvgIpc) is 3.23. The predicted molar refractivity (Wildman–Crippen MR) is 160 cm³/mol. The first kappa shape index (κ1) is 30.7. The summed E-state index contributed by atoms with van der Waals surface area (Å²) < 4.78 is 52.2. The summed E-state index contributed by atoms with van der Waals surface area (Å²) in [7, 11) is 2.84. The van der Waals surface area contributed by atoms with Crippen molar-refractivity contribution in [1.29, 1.82) is 0 Å². The van der Waals surface area contributed by atoms with Gasteiger partial charge in [0.25, 0.3) is 0 Å². The number of methoxy groups -OCH3 is 2. The van der Waals surface area contributed by atoms with Gasteiger partial charge in [-0.3, -0.25) is 4.79 Å². The fourth-order valence-electron chi connectivity index (χ4n) is 5.63. The van der Waals surface area contributed by atoms with Crippen molar-refractivity contribution in [3.63, 3.8) is 0 Å². The van der Waals surface area contributed by atoms with E-state index in [1.54, 1.807) is 49.1 Å². The van der Waals surface area contributed by atoms with Crippen LogP contribution in [0.25, 0.3) is 0 Å². The molecule has 3 aromatic rings. The molecule has 0 radical (unpaired) electrons. The zero-order valence-electron chi connectivity index (χ0n) is 25.0. The number of nitrogens with zero attached hydrogens (tertiary/aromatic N) is 4. The Balaban J connectivity index is 1.37. The van der Waals surface area contributed by atoms with Gasteiger partial charge < -0.3 is 35.2 Å². The van der Waals surface area contributed by atoms with E-state index in [0.29, 0.717) is 42.3 Å². The van der Waals surface area contributed by atoms with E-state index in [4.69, 9.17) is 9.47 Å². The number of carbonyl (C=O) groups excluding carboxylic acids is 2. The highest BCUT2D eigenvalue weighted by Gasteiger charge is 2.40. The van der Waals surface area contributed by atoms with Crippen LogP contribution in [-0.2, 0) is 27.7 Å². The van der Waals surface area contributed by atoms with Gasteiger partial charge in [-0.2, -0.15) is 18.2 Å². The topological polar surface area (TPSA) is 121 Å². The number of benzene rings is 2. The van der Waals surface area contributed by atoms with Crippen LogP contribution in [0.1, 0.15) is 37.5 Å². The van der Waals surface area contributed by atoms with Gasteiger partial charge in [0.1, 0.15) is 17.1 Å². The molecule has 2 amide bonds. The number of hydrogen-bond acceptors (Lipinski definition) is 9. The molecule has 2 aliphatic rings. The van der Waals surface area contributed by atoms with E-state index in [-0.39, 0.29) is 30.5 Å². The molecule has 1 aromatic heterocycles. The molecule has 3 heterocycles. The van der Waals surface area contributed by atoms with Gasteiger partial charge in [0, 0.05) is 55.9 Å². The van der Waals surface area contributed by atoms with E-state index in [0.717, 1.165) is 17.4 Å². The van der Waals surface area contributed by atoms with Crippen LogP contribution in [0.2, 0.25) is 0 Å². The van der Waals surface area contributed by atoms with Gasteiger partial charge in [-0.25, -0.2) is 9.78 Å². The molecule has 0 spiro atoms. The Labute approximate surface area is 252 Å². The Kier molecular flexibility index (Phi) is 8.19. The minimum Gasteiger partial charge on any atom is -0.494 e. The van der Waals surface area contributed by atoms with Crippen LogP contribution in [-0.4, -0.2) is 66.8 Å². The van der Waals surface area contributed by atoms with Gasteiger partial charge in [-0.05, 0) is 50.1 Å². The summed E-state index contributed by atoms with van der Waals surface area (Å²) in [6.07, 6.45) is -4.35. The molecule has 2 aliphatic heterocycles. The number of aromatic nitrogens is 2. The maximum Gasteiger partial charge on any atom is 0.421 e. The molecule has 2 aromatic carbocycles. The summed E-state index contributed by atoms with van der Waals surface area (Å²) in [5, 5.41) is 8.62. The molecule has 0 bridgehead atoms. The minimum absolute atomic E-state index is 0.000773. The van der Waals surface area contributed by atoms with Crippen LogP contribution in [0, 0.1) is 0 Å². The largest absolute Gasteiger partial charge is 0.494 e. The standard InChI is InChI=1S/C30H34F3N7O4/c1-17-16-39(11-12-40(17)28(42)44-5)19-9-10-21(23(13-19)43-4)37-27-35-15-20(30(31,32)33)25(38-27)34-14-18-7-6-8-22-24(18)29(2,3)26(41)36-22/h6-10,13,15,17H,11-12,14,16H2,1-5H3,(H,36,41)(H2,34,35,37,38)/t17-/m1/s1. The molecule has 0 unspecified atom stereocenters. The number of amides is 2. The Morgan fingerprint density at radius 3 is 2.64 bits per heavy atom. The van der Waals surface area contributed by atoms with Crippen LogP contribution in [0.3, 0.4) is 0 Å². The number of nitrogens with one attached hydrogen (secondary N) is 3. The molecule has 234 valence electrons. The van der Waals surface area contributed by atoms with Gasteiger partial charge in [0.05, 0.1) is 25.3 Å². The molecule has 3 N–H and O–H groups in total. The quantitative estimate of drug-likeness (QED) is 0.323. The van der Waals surface area contributed by atoms with E-state index in [1.165, 1.54) is 14.2 Å². The van der Waals surface area contributed by atoms with Crippen molar-refractivity contribution in [2.24, 2.45) is 0 Å². The van der Waals surface area contributed by atoms with Crippen LogP contribution in [0.5, 0.6) is 5.75 Å². The highest BCUT2D eigenvalue weighted by atomic mass is 19.4. The predicted octanol–water partition coefficient (Wildman–Crippen LogP) is 5.37. The Hall–Kier alpha value is -4.75. The van der Waals surface area contributed by atoms with Gasteiger partial charge in [-0.15, -0.1) is 0 Å². The zero-order valence-corrected chi connectivity index (χ0v) is 25.0. The highest BCUT2D eigenvalue weighted by molar-refractivity contribution is 6.06. The van der Waals surface area contributed by atoms with Crippen LogP contribution >= 0.6 is 0 Å². The second kappa shape index (κ2) is 11.7. The van der Waals surface area contributed by atoms with E-state index in [1.807, 2.05) is 13.0 Å². The van der Waals surface area contributed by atoms with Crippen LogP contribution < -0.4 is 25.6 Å². The summed E-state index contributed by atoms with van der Waals surface area (Å²) in [6.45, 7) is 7.13. The first-order chi connectivity index (χ1) is 20.8. The maximum atomic E-state index is 13.9. The first-order valence-corrected chi connectivity index (χ1v) is 14.0. The van der Waals surface area contributed by atoms with E-state index < -0.39 is 23.0 Å². The third-order valence-electron chi connectivity index (χ3n) is 7.97. The second-order valence-corrected chi connectivity index (χ2v) is 11.2. The smallest absolute Gasteiger partial charge is 0.421 e. The summed E-state index contributed by atoms with van der Waals surface area (Å²) in [5.41, 5.74) is 1.48. The number of halogens is 3. The molecule has 5 rings (SSSR count). The highest BCUT2D eigenvalue weighted by Crippen LogP contribution is 2.41. The molecule has 44 heavy (non-hydrogen) atoms. The molecular weight excluding hydrogens is 579 g/mol. The summed E-state index contributed by atoms with van der Waals surface area (Å²) >= 11 is 0. The summed E-state index contributed by atoms with van der Waals surface area (Å²) in [4.78, 5) is 36.3. The molecule has 1 atom stereocenters. The Morgan fingerprint density at radius 2 is 1.95 bits per heavy atom. The van der Waals surface area contributed by atoms with E-state index >= 15 is 0 Å². The minimum atomic E-state index is -4.70. The maximum absolute atomic E-state index is 13.9. The Bertz CT molecular complexity index is 1580. The monoisotopic (exact) mass is 613 g/mol. The normalized spacial score (nSPS) is 17.5. The van der Waals surface area contributed by atoms with Crippen molar-refractivity contribution in [3.8, 4) is 5.75 Å². The molecule has 0 saturated carbocycles. The molecule has 1 fully saturated rings. The third kappa shape index (κ3) is 5.88. The number of alkyl halides is 3. The van der Waals surface area contributed by atoms with Crippen molar-refractivity contribution in [2.75, 3.05) is 54.7 Å². The van der Waals surface area contributed by atoms with Crippen molar-refractivity contribution < 1.29 is 32.2 Å². The van der Waals surface area contributed by atoms with Gasteiger partial charge in [0.15, 0.2) is 0 Å². The second-order valence-electron chi connectivity index (χ2n) is 11.2. The first-order valence-electron chi connectivity index (χ1n) is 14.0. The van der Waals surface area contributed by atoms with Crippen molar-refractivity contribution in [1.82, 2.24) is 14.9 Å². The number of fused-ring (bicyclic) bond motifs is 1. The van der Waals surface area contributed by atoms with Crippen LogP contribution in [0.15, 0.2) is 42.6 Å². The molecule has 11 nitrogen and oxygen atoms in total. The molecule has 14 heteroatoms. The SMILES string of the molecule is COC(=O)N1CCN(c2ccc(Nc3ncc(C(F)(F)F)c(NCc4cccc5c4C(C)(C)C(=O)N5)n3)c(OC)c2)C[C@H]1C. The number of hydrogen-bond donors (Lipinski definition) is 3. The average molecular weight is 614 g/mol. The molecule has 1 saturated heterocycles. The Morgan fingerprint density at radius 1 is 1.18 bits per heavy atom. The fourth-order valence-corrected chi connectivity index (χ4v) is 5.63. The van der Waals surface area contributed by atoms with Crippen molar-refractivity contribution in [3.05, 3.63) is 59.3 Å². The third-order valence-corrected chi connectivity index (χ3v) is 7.97. The number of carbonyl (C=O) groups is 2. The lowest BCUT2D eigenvalue weighted by Gasteiger charge is -2.40. The van der Waals surface area contributed by atoms with Gasteiger partial charge >= 0.3 is 12.3 Å². The van der Waals surface area contributed by atoms with Crippen molar-refractivity contribution in [2.45, 2.75) is 44.9 Å². The van der Waals surface area contributed by atoms with Crippen LogP contribution in [0.4, 0.5) is 46.8 Å². The van der Waals surface area contributed by atoms with Gasteiger partial charge in [0.2, 0.25) is 11.9 Å². The number of rotatable bonds is 7. The lowest BCUT2D eigenvalue weighted by molar-refractivity contribution is -0.137. The fraction of sp³-hybridized carbons (Fsp3) is 0.400.